The summed E-state index contributed by atoms with van der Waals surface area (Å²) in [4.78, 5) is 19.2. The molecule has 0 spiro atoms. The number of carbonyl (C=O) groups is 1. The van der Waals surface area contributed by atoms with Crippen molar-refractivity contribution in [2.75, 3.05) is 39.8 Å². The predicted molar refractivity (Wildman–Crippen MR) is 111 cm³/mol. The molecule has 1 fully saturated rings. The van der Waals surface area contributed by atoms with Crippen LogP contribution in [0.15, 0.2) is 54.6 Å². The molecule has 0 aliphatic carbocycles. The van der Waals surface area contributed by atoms with Crippen LogP contribution in [0.1, 0.15) is 17.5 Å². The number of rotatable bonds is 6. The van der Waals surface area contributed by atoms with Crippen LogP contribution in [-0.2, 0) is 17.9 Å². The molecule has 27 heavy (non-hydrogen) atoms. The summed E-state index contributed by atoms with van der Waals surface area (Å²) in [6.07, 6.45) is 1.02. The molecule has 1 aliphatic rings. The van der Waals surface area contributed by atoms with Crippen molar-refractivity contribution < 1.29 is 4.79 Å². The predicted octanol–water partition coefficient (Wildman–Crippen LogP) is 3.51. The lowest BCUT2D eigenvalue weighted by molar-refractivity contribution is -0.132. The van der Waals surface area contributed by atoms with Gasteiger partial charge in [0, 0.05) is 44.3 Å². The summed E-state index contributed by atoms with van der Waals surface area (Å²) in [7, 11) is 2.01. The zero-order chi connectivity index (χ0) is 19.1. The van der Waals surface area contributed by atoms with Gasteiger partial charge in [-0.05, 0) is 36.7 Å². The van der Waals surface area contributed by atoms with Gasteiger partial charge in [0.05, 0.1) is 6.54 Å². The van der Waals surface area contributed by atoms with E-state index in [0.29, 0.717) is 6.54 Å². The van der Waals surface area contributed by atoms with Crippen molar-refractivity contribution in [1.82, 2.24) is 14.7 Å². The molecule has 0 radical (unpaired) electrons. The van der Waals surface area contributed by atoms with E-state index in [1.54, 1.807) is 0 Å². The highest BCUT2D eigenvalue weighted by atomic mass is 35.5. The second kappa shape index (κ2) is 9.88. The minimum absolute atomic E-state index is 0.224. The van der Waals surface area contributed by atoms with Crippen molar-refractivity contribution in [2.45, 2.75) is 19.5 Å². The Hall–Kier alpha value is -1.88. The van der Waals surface area contributed by atoms with Crippen LogP contribution in [0, 0.1) is 0 Å². The van der Waals surface area contributed by atoms with E-state index in [9.17, 15) is 4.79 Å². The van der Waals surface area contributed by atoms with Gasteiger partial charge in [-0.1, -0.05) is 54.1 Å². The van der Waals surface area contributed by atoms with Crippen molar-refractivity contribution in [3.63, 3.8) is 0 Å². The quantitative estimate of drug-likeness (QED) is 0.761. The maximum atomic E-state index is 12.7. The van der Waals surface area contributed by atoms with Crippen LogP contribution in [0.4, 0.5) is 0 Å². The average Bonchev–Trinajstić information content (AvgIpc) is 2.90. The first kappa shape index (κ1) is 19.9. The van der Waals surface area contributed by atoms with Crippen molar-refractivity contribution in [3.05, 3.63) is 70.7 Å². The summed E-state index contributed by atoms with van der Waals surface area (Å²) in [6.45, 7) is 5.74. The van der Waals surface area contributed by atoms with Gasteiger partial charge in [-0.3, -0.25) is 14.6 Å². The van der Waals surface area contributed by atoms with Gasteiger partial charge in [0.25, 0.3) is 0 Å². The standard InChI is InChI=1S/C22H28ClN3O/c1-24(16-19-6-3-2-4-7-19)18-22(27)26-13-5-12-25(14-15-26)17-20-8-10-21(23)11-9-20/h2-4,6-11H,5,12-18H2,1H3. The van der Waals surface area contributed by atoms with Crippen molar-refractivity contribution in [3.8, 4) is 0 Å². The summed E-state index contributed by atoms with van der Waals surface area (Å²) in [5, 5.41) is 0.769. The zero-order valence-corrected chi connectivity index (χ0v) is 16.7. The molecular weight excluding hydrogens is 358 g/mol. The monoisotopic (exact) mass is 385 g/mol. The SMILES string of the molecule is CN(CC(=O)N1CCCN(Cc2ccc(Cl)cc2)CC1)Cc1ccccc1. The van der Waals surface area contributed by atoms with Gasteiger partial charge >= 0.3 is 0 Å². The molecule has 1 aliphatic heterocycles. The molecular formula is C22H28ClN3O. The normalized spacial score (nSPS) is 15.7. The Kier molecular flexibility index (Phi) is 7.27. The highest BCUT2D eigenvalue weighted by molar-refractivity contribution is 6.30. The van der Waals surface area contributed by atoms with Gasteiger partial charge in [-0.15, -0.1) is 0 Å². The maximum absolute atomic E-state index is 12.7. The van der Waals surface area contributed by atoms with Crippen LogP contribution in [0.3, 0.4) is 0 Å². The van der Waals surface area contributed by atoms with E-state index in [1.807, 2.05) is 42.3 Å². The molecule has 4 nitrogen and oxygen atoms in total. The second-order valence-corrected chi connectivity index (χ2v) is 7.73. The van der Waals surface area contributed by atoms with Gasteiger partial charge in [0.15, 0.2) is 0 Å². The summed E-state index contributed by atoms with van der Waals surface area (Å²) in [5.74, 6) is 0.224. The van der Waals surface area contributed by atoms with E-state index in [2.05, 4.69) is 34.1 Å². The molecule has 5 heteroatoms. The third kappa shape index (κ3) is 6.35. The van der Waals surface area contributed by atoms with Crippen LogP contribution in [0.2, 0.25) is 5.02 Å². The fourth-order valence-corrected chi connectivity index (χ4v) is 3.63. The summed E-state index contributed by atoms with van der Waals surface area (Å²) >= 11 is 5.97. The van der Waals surface area contributed by atoms with Crippen LogP contribution in [-0.4, -0.2) is 60.4 Å². The first-order valence-electron chi connectivity index (χ1n) is 9.57. The number of hydrogen-bond donors (Lipinski definition) is 0. The van der Waals surface area contributed by atoms with Crippen molar-refractivity contribution in [2.24, 2.45) is 0 Å². The molecule has 0 unspecified atom stereocenters. The Morgan fingerprint density at radius 3 is 2.44 bits per heavy atom. The largest absolute Gasteiger partial charge is 0.340 e. The molecule has 0 atom stereocenters. The third-order valence-corrected chi connectivity index (χ3v) is 5.21. The molecule has 1 amide bonds. The fourth-order valence-electron chi connectivity index (χ4n) is 3.51. The Labute approximate surface area is 167 Å². The molecule has 0 saturated carbocycles. The van der Waals surface area contributed by atoms with E-state index in [4.69, 9.17) is 11.6 Å². The third-order valence-electron chi connectivity index (χ3n) is 4.96. The highest BCUT2D eigenvalue weighted by Gasteiger charge is 2.20. The van der Waals surface area contributed by atoms with Gasteiger partial charge in [0.2, 0.25) is 5.91 Å². The van der Waals surface area contributed by atoms with Crippen LogP contribution in [0.5, 0.6) is 0 Å². The lowest BCUT2D eigenvalue weighted by atomic mass is 10.2. The molecule has 1 heterocycles. The van der Waals surface area contributed by atoms with Gasteiger partial charge in [-0.2, -0.15) is 0 Å². The lowest BCUT2D eigenvalue weighted by Crippen LogP contribution is -2.40. The number of carbonyl (C=O) groups excluding carboxylic acids is 1. The van der Waals surface area contributed by atoms with E-state index < -0.39 is 0 Å². The van der Waals surface area contributed by atoms with Crippen molar-refractivity contribution >= 4 is 17.5 Å². The molecule has 0 bridgehead atoms. The number of likely N-dealkylation sites (N-methyl/N-ethyl adjacent to an activating group) is 1. The van der Waals surface area contributed by atoms with E-state index in [-0.39, 0.29) is 5.91 Å². The highest BCUT2D eigenvalue weighted by Crippen LogP contribution is 2.13. The molecule has 1 saturated heterocycles. The maximum Gasteiger partial charge on any atom is 0.236 e. The van der Waals surface area contributed by atoms with Crippen LogP contribution in [0.25, 0.3) is 0 Å². The van der Waals surface area contributed by atoms with Crippen molar-refractivity contribution in [1.29, 1.82) is 0 Å². The zero-order valence-electron chi connectivity index (χ0n) is 16.0. The Bertz CT molecular complexity index is 720. The first-order chi connectivity index (χ1) is 13.1. The Morgan fingerprint density at radius 2 is 1.70 bits per heavy atom. The topological polar surface area (TPSA) is 26.8 Å². The molecule has 2 aromatic carbocycles. The van der Waals surface area contributed by atoms with Crippen LogP contribution < -0.4 is 0 Å². The van der Waals surface area contributed by atoms with Gasteiger partial charge < -0.3 is 4.90 Å². The van der Waals surface area contributed by atoms with E-state index >= 15 is 0 Å². The summed E-state index contributed by atoms with van der Waals surface area (Å²) < 4.78 is 0. The Morgan fingerprint density at radius 1 is 0.963 bits per heavy atom. The lowest BCUT2D eigenvalue weighted by Gasteiger charge is -2.24. The van der Waals surface area contributed by atoms with Crippen LogP contribution >= 0.6 is 11.6 Å². The number of hydrogen-bond acceptors (Lipinski definition) is 3. The summed E-state index contributed by atoms with van der Waals surface area (Å²) in [5.41, 5.74) is 2.50. The number of amides is 1. The number of halogens is 1. The number of nitrogens with zero attached hydrogens (tertiary/aromatic N) is 3. The van der Waals surface area contributed by atoms with Gasteiger partial charge in [0.1, 0.15) is 0 Å². The van der Waals surface area contributed by atoms with E-state index in [1.165, 1.54) is 11.1 Å². The number of benzene rings is 2. The first-order valence-corrected chi connectivity index (χ1v) is 9.95. The minimum atomic E-state index is 0.224. The fraction of sp³-hybridized carbons (Fsp3) is 0.409. The minimum Gasteiger partial charge on any atom is -0.340 e. The average molecular weight is 386 g/mol. The molecule has 0 N–H and O–H groups in total. The smallest absolute Gasteiger partial charge is 0.236 e. The molecule has 0 aromatic heterocycles. The Balaban J connectivity index is 1.46. The van der Waals surface area contributed by atoms with E-state index in [0.717, 1.165) is 50.7 Å². The molecule has 2 aromatic rings. The van der Waals surface area contributed by atoms with Gasteiger partial charge in [-0.25, -0.2) is 0 Å². The molecule has 144 valence electrons. The molecule has 3 rings (SSSR count). The summed E-state index contributed by atoms with van der Waals surface area (Å²) in [6, 6.07) is 18.3. The second-order valence-electron chi connectivity index (χ2n) is 7.29.